The fraction of sp³-hybridized carbons (Fsp3) is 0.453. The van der Waals surface area contributed by atoms with Gasteiger partial charge in [0.15, 0.2) is 23.8 Å². The summed E-state index contributed by atoms with van der Waals surface area (Å²) >= 11 is 5.48. The predicted molar refractivity (Wildman–Crippen MR) is 501 cm³/mol. The lowest BCUT2D eigenvalue weighted by molar-refractivity contribution is 0.105. The molecule has 2 aliphatic heterocycles. The minimum absolute atomic E-state index is 0.000786. The van der Waals surface area contributed by atoms with Gasteiger partial charge >= 0.3 is 0 Å². The van der Waals surface area contributed by atoms with Gasteiger partial charge in [-0.2, -0.15) is 21.0 Å². The Bertz CT molecular complexity index is 4900. The molecule has 0 spiro atoms. The number of methoxy groups -OCH3 is 5. The largest absolute Gasteiger partial charge is 0.507 e. The smallest absolute Gasteiger partial charge is 0.163 e. The fourth-order valence-electron chi connectivity index (χ4n) is 13.7. The highest BCUT2D eigenvalue weighted by molar-refractivity contribution is 6.25. The van der Waals surface area contributed by atoms with Crippen molar-refractivity contribution in [1.29, 1.82) is 21.0 Å². The van der Waals surface area contributed by atoms with Crippen LogP contribution in [0.3, 0.4) is 0 Å². The molecule has 0 bridgehead atoms. The zero-order valence-corrected chi connectivity index (χ0v) is 77.7. The number of hydrogen-bond acceptors (Lipinski definition) is 16. The molecule has 1 atom stereocenters. The number of carbonyl (C=O) groups is 2. The van der Waals surface area contributed by atoms with E-state index in [9.17, 15) is 30.5 Å². The number of benzene rings is 6. The Labute approximate surface area is 742 Å². The highest BCUT2D eigenvalue weighted by Crippen LogP contribution is 2.54. The number of allylic oxidation sites excluding steroid dienone is 6. The summed E-state index contributed by atoms with van der Waals surface area (Å²) in [5.74, 6) is 13.5. The molecule has 656 valence electrons. The van der Waals surface area contributed by atoms with E-state index in [4.69, 9.17) is 78.8 Å². The van der Waals surface area contributed by atoms with Gasteiger partial charge < -0.3 is 47.7 Å². The number of rotatable bonds is 34. The lowest BCUT2D eigenvalue weighted by atomic mass is 9.72. The molecule has 0 radical (unpaired) electrons. The summed E-state index contributed by atoms with van der Waals surface area (Å²) in [5.41, 5.74) is 11.5. The second kappa shape index (κ2) is 53.2. The van der Waals surface area contributed by atoms with Gasteiger partial charge in [0.2, 0.25) is 0 Å². The number of carbonyl (C=O) groups excluding carboxylic acids is 2. The molecule has 0 saturated carbocycles. The summed E-state index contributed by atoms with van der Waals surface area (Å²) in [6.45, 7) is 37.0. The lowest BCUT2D eigenvalue weighted by Gasteiger charge is -2.42. The number of aryl methyl sites for hydroxylation is 5. The quantitative estimate of drug-likeness (QED) is 0.00752. The third-order valence-corrected chi connectivity index (χ3v) is 20.5. The summed E-state index contributed by atoms with van der Waals surface area (Å²) in [5, 5.41) is 45.9. The first-order valence-electron chi connectivity index (χ1n) is 42.7. The number of hydrogen-bond donors (Lipinski definition) is 1. The number of alkyl halides is 1. The van der Waals surface area contributed by atoms with E-state index in [1.807, 2.05) is 88.4 Å². The number of halogens is 1. The molecule has 0 aromatic heterocycles. The topological polar surface area (TPSA) is 233 Å². The van der Waals surface area contributed by atoms with Crippen LogP contribution in [0.25, 0.3) is 17.2 Å². The van der Waals surface area contributed by atoms with Crippen molar-refractivity contribution in [2.75, 3.05) is 35.5 Å². The molecule has 17 heteroatoms. The van der Waals surface area contributed by atoms with E-state index < -0.39 is 27.3 Å². The van der Waals surface area contributed by atoms with Gasteiger partial charge in [-0.1, -0.05) is 160 Å². The number of nitrogens with zero attached hydrogens (tertiary/aromatic N) is 4. The molecule has 2 heterocycles. The number of fused-ring (bicyclic) bond motifs is 6. The molecule has 6 aromatic rings. The zero-order chi connectivity index (χ0) is 92.1. The van der Waals surface area contributed by atoms with Gasteiger partial charge in [0, 0.05) is 22.3 Å². The van der Waals surface area contributed by atoms with Crippen LogP contribution in [0.1, 0.15) is 290 Å². The van der Waals surface area contributed by atoms with E-state index in [-0.39, 0.29) is 17.2 Å². The van der Waals surface area contributed by atoms with E-state index in [0.717, 1.165) is 163 Å². The minimum Gasteiger partial charge on any atom is -0.507 e. The van der Waals surface area contributed by atoms with Crippen molar-refractivity contribution >= 4 is 30.2 Å². The fourth-order valence-corrected chi connectivity index (χ4v) is 13.7. The normalized spacial score (nSPS) is 13.2. The molecule has 9 rings (SSSR count). The zero-order valence-electron chi connectivity index (χ0n) is 76.9. The maximum atomic E-state index is 11.3. The molecule has 123 heavy (non-hydrogen) atoms. The molecule has 0 fully saturated rings. The number of aldehydes is 2. The monoisotopic (exact) mass is 1690 g/mol. The van der Waals surface area contributed by atoms with Gasteiger partial charge in [-0.3, -0.25) is 9.59 Å². The number of ether oxygens (including phenoxy) is 9. The summed E-state index contributed by atoms with van der Waals surface area (Å²) < 4.78 is 52.0. The van der Waals surface area contributed by atoms with Gasteiger partial charge in [0.1, 0.15) is 68.7 Å². The first-order valence-corrected chi connectivity index (χ1v) is 43.1. The SMILES string of the molecule is C#CC(C)(C)Cl.C#CC(C)(C)Oc1cc(CCCCC)cc(OC)c1/C=C(\C#N)C=C.C#CC(C)(C)Oc1cc(CCCCC)cc(OC)c1C=O.C=CCC#N.CCCCCc1cc(O)c(C=O)c(OC)c1.CCCCCc1cc(OC)c2c(c1)OC(C)(C)C1=CCC=C(C#N)C12.CCCCCc1cc(OC)c2c(c1)OC(C)(C)c1cccc(C#N)c1-2. The van der Waals surface area contributed by atoms with E-state index in [2.05, 4.69) is 128 Å². The van der Waals surface area contributed by atoms with Crippen LogP contribution >= 0.6 is 11.6 Å². The van der Waals surface area contributed by atoms with Gasteiger partial charge in [-0.05, 0) is 246 Å². The van der Waals surface area contributed by atoms with Crippen LogP contribution in [0, 0.1) is 82.4 Å². The van der Waals surface area contributed by atoms with Crippen molar-refractivity contribution in [3.63, 3.8) is 0 Å². The van der Waals surface area contributed by atoms with Crippen LogP contribution in [-0.4, -0.2) is 74.9 Å². The van der Waals surface area contributed by atoms with Gasteiger partial charge in [0.25, 0.3) is 0 Å². The number of nitriles is 4. The molecular weight excluding hydrogens is 1560 g/mol. The van der Waals surface area contributed by atoms with Crippen LogP contribution in [-0.2, 0) is 37.7 Å². The van der Waals surface area contributed by atoms with Crippen LogP contribution < -0.4 is 42.6 Å². The average molecular weight is 1690 g/mol. The molecule has 1 aliphatic carbocycles. The summed E-state index contributed by atoms with van der Waals surface area (Å²) in [7, 11) is 8.04. The Hall–Kier alpha value is -11.7. The Morgan fingerprint density at radius 3 is 1.33 bits per heavy atom. The van der Waals surface area contributed by atoms with Crippen molar-refractivity contribution in [3.8, 4) is 130 Å². The van der Waals surface area contributed by atoms with E-state index >= 15 is 0 Å². The molecular formula is C106H133ClN4O12. The molecule has 1 unspecified atom stereocenters. The summed E-state index contributed by atoms with van der Waals surface area (Å²) in [4.78, 5) is 21.6. The number of aromatic hydroxyl groups is 1. The summed E-state index contributed by atoms with van der Waals surface area (Å²) in [6, 6.07) is 34.3. The van der Waals surface area contributed by atoms with Crippen molar-refractivity contribution < 1.29 is 57.3 Å². The molecule has 0 saturated heterocycles. The van der Waals surface area contributed by atoms with E-state index in [0.29, 0.717) is 63.7 Å². The molecule has 0 amide bonds. The molecule has 3 aliphatic rings. The van der Waals surface area contributed by atoms with E-state index in [1.54, 1.807) is 74.4 Å². The second-order valence-corrected chi connectivity index (χ2v) is 33.4. The minimum atomic E-state index is -0.773. The third kappa shape index (κ3) is 32.9. The molecule has 6 aromatic carbocycles. The first kappa shape index (κ1) is 105. The van der Waals surface area contributed by atoms with Gasteiger partial charge in [0.05, 0.1) is 110 Å². The Morgan fingerprint density at radius 1 is 0.528 bits per heavy atom. The summed E-state index contributed by atoms with van der Waals surface area (Å²) in [6.07, 6.45) is 49.8. The lowest BCUT2D eigenvalue weighted by Crippen LogP contribution is -2.39. The first-order chi connectivity index (χ1) is 58.6. The van der Waals surface area contributed by atoms with Crippen molar-refractivity contribution in [2.24, 2.45) is 0 Å². The van der Waals surface area contributed by atoms with Crippen molar-refractivity contribution in [1.82, 2.24) is 0 Å². The van der Waals surface area contributed by atoms with Crippen LogP contribution in [0.5, 0.6) is 57.5 Å². The standard InChI is InChI=1S/C22H27NO2.C22H25NO2.C22H27NO2.C18H24O3.C13H18O3.C5H7Cl.C4H5N/c2*1-5-6-7-9-15-12-18(24-4)21-19(13-15)25-22(2,3)17-11-8-10-16(14-23)20(17)21;1-7-10-11-12-18-14-20(24-6)19(13-17(8-2)16-23)21(15-18)25-22(4,5)9-3;1-6-8-9-10-14-11-16(20-5)15(13-19)17(12-14)21-18(3,4)7-2;1-3-4-5-6-10-7-12(15)11(9-14)13(8-10)16-2;1-4-5(2,3)6;1-2-3-4-5/h10-13,20H,5-9H2,1-4H3;8,10-13H,5-7,9H2,1-4H3;3,8,13-15H,2,7,10-12H2,1,4-6H3;2,11-13H,6,8-10H2,1,3-5H3;7-9,15H,3-6H2,1-2H3;1H,2-3H3;2H,1,3H2/b;;17-13-;;;;. The van der Waals surface area contributed by atoms with Crippen LogP contribution in [0.4, 0.5) is 0 Å². The third-order valence-electron chi connectivity index (χ3n) is 20.4. The average Bonchev–Trinajstić information content (AvgIpc) is 0.738. The predicted octanol–water partition coefficient (Wildman–Crippen LogP) is 26.1. The maximum absolute atomic E-state index is 11.3. The van der Waals surface area contributed by atoms with Crippen molar-refractivity contribution in [3.05, 3.63) is 194 Å². The Kier molecular flexibility index (Phi) is 45.7. The highest BCUT2D eigenvalue weighted by atomic mass is 35.5. The number of unbranched alkanes of at least 4 members (excludes halogenated alkanes) is 10. The highest BCUT2D eigenvalue weighted by Gasteiger charge is 2.44. The van der Waals surface area contributed by atoms with Gasteiger partial charge in [-0.15, -0.1) is 37.4 Å². The van der Waals surface area contributed by atoms with Gasteiger partial charge in [-0.25, -0.2) is 0 Å². The maximum Gasteiger partial charge on any atom is 0.163 e. The number of phenols is 1. The number of terminal acetylenes is 3. The van der Waals surface area contributed by atoms with Crippen molar-refractivity contribution in [2.45, 2.75) is 278 Å². The molecule has 16 nitrogen and oxygen atoms in total. The van der Waals surface area contributed by atoms with E-state index in [1.165, 1.54) is 75.7 Å². The molecule has 1 N–H and O–H groups in total. The Morgan fingerprint density at radius 2 is 0.935 bits per heavy atom. The van der Waals surface area contributed by atoms with Crippen LogP contribution in [0.2, 0.25) is 0 Å². The second-order valence-electron chi connectivity index (χ2n) is 32.4. The van der Waals surface area contributed by atoms with Crippen LogP contribution in [0.15, 0.2) is 133 Å². The Balaban J connectivity index is 0.000000387. The number of phenolic OH excluding ortho intramolecular Hbond substituents is 1.